The monoisotopic (exact) mass is 231 g/mol. The fraction of sp³-hybridized carbons (Fsp3) is 0.900. The smallest absolute Gasteiger partial charge is 0.237 e. The van der Waals surface area contributed by atoms with E-state index >= 15 is 0 Å². The zero-order valence-corrected chi connectivity index (χ0v) is 10.1. The standard InChI is InChI=1S/C10H25N5O/c1-14-10(16)9(3-2-4-11)15(7-5-12)8-6-13/h9H,2-8,11-13H2,1H3,(H,14,16). The van der Waals surface area contributed by atoms with Gasteiger partial charge in [0.2, 0.25) is 5.91 Å². The zero-order chi connectivity index (χ0) is 12.4. The molecule has 6 nitrogen and oxygen atoms in total. The highest BCUT2D eigenvalue weighted by molar-refractivity contribution is 5.81. The summed E-state index contributed by atoms with van der Waals surface area (Å²) in [6.45, 7) is 3.00. The SMILES string of the molecule is CNC(=O)C(CCCN)N(CCN)CCN. The number of likely N-dealkylation sites (N-methyl/N-ethyl adjacent to an activating group) is 1. The molecule has 96 valence electrons. The highest BCUT2D eigenvalue weighted by Gasteiger charge is 2.23. The molecule has 0 aromatic rings. The van der Waals surface area contributed by atoms with Crippen LogP contribution in [0.1, 0.15) is 12.8 Å². The minimum absolute atomic E-state index is 0.00958. The Bertz CT molecular complexity index is 182. The van der Waals surface area contributed by atoms with E-state index in [2.05, 4.69) is 5.32 Å². The summed E-state index contributed by atoms with van der Waals surface area (Å²) in [6, 6.07) is -0.166. The molecule has 0 aliphatic carbocycles. The van der Waals surface area contributed by atoms with Crippen molar-refractivity contribution in [3.8, 4) is 0 Å². The molecule has 0 fully saturated rings. The van der Waals surface area contributed by atoms with Gasteiger partial charge in [0.05, 0.1) is 6.04 Å². The van der Waals surface area contributed by atoms with Gasteiger partial charge in [-0.15, -0.1) is 0 Å². The lowest BCUT2D eigenvalue weighted by Crippen LogP contribution is -2.49. The minimum Gasteiger partial charge on any atom is -0.358 e. The zero-order valence-electron chi connectivity index (χ0n) is 10.1. The summed E-state index contributed by atoms with van der Waals surface area (Å²) in [5.74, 6) is 0.00958. The molecule has 0 spiro atoms. The molecule has 0 aromatic carbocycles. The molecule has 16 heavy (non-hydrogen) atoms. The summed E-state index contributed by atoms with van der Waals surface area (Å²) < 4.78 is 0. The Morgan fingerprint density at radius 2 is 1.75 bits per heavy atom. The van der Waals surface area contributed by atoms with Gasteiger partial charge in [-0.2, -0.15) is 0 Å². The van der Waals surface area contributed by atoms with Crippen molar-refractivity contribution in [1.82, 2.24) is 10.2 Å². The van der Waals surface area contributed by atoms with E-state index in [1.165, 1.54) is 0 Å². The van der Waals surface area contributed by atoms with Crippen LogP contribution >= 0.6 is 0 Å². The number of amides is 1. The molecule has 0 rings (SSSR count). The first-order valence-corrected chi connectivity index (χ1v) is 5.77. The predicted molar refractivity (Wildman–Crippen MR) is 65.8 cm³/mol. The van der Waals surface area contributed by atoms with E-state index in [4.69, 9.17) is 17.2 Å². The topological polar surface area (TPSA) is 110 Å². The predicted octanol–water partition coefficient (Wildman–Crippen LogP) is -1.94. The van der Waals surface area contributed by atoms with Gasteiger partial charge in [-0.25, -0.2) is 0 Å². The third-order valence-electron chi connectivity index (χ3n) is 2.50. The van der Waals surface area contributed by atoms with Crippen LogP contribution in [0.2, 0.25) is 0 Å². The molecule has 0 saturated carbocycles. The van der Waals surface area contributed by atoms with E-state index in [0.29, 0.717) is 32.7 Å². The average molecular weight is 231 g/mol. The Kier molecular flexibility index (Phi) is 9.12. The number of hydrogen-bond acceptors (Lipinski definition) is 5. The maximum Gasteiger partial charge on any atom is 0.237 e. The van der Waals surface area contributed by atoms with E-state index in [1.54, 1.807) is 7.05 Å². The van der Waals surface area contributed by atoms with Gasteiger partial charge in [0.1, 0.15) is 0 Å². The Morgan fingerprint density at radius 3 is 2.12 bits per heavy atom. The average Bonchev–Trinajstić information content (AvgIpc) is 2.29. The molecule has 0 saturated heterocycles. The minimum atomic E-state index is -0.166. The molecule has 7 N–H and O–H groups in total. The van der Waals surface area contributed by atoms with Gasteiger partial charge in [0.25, 0.3) is 0 Å². The second kappa shape index (κ2) is 9.53. The molecule has 0 heterocycles. The van der Waals surface area contributed by atoms with Crippen molar-refractivity contribution >= 4 is 5.91 Å². The van der Waals surface area contributed by atoms with Gasteiger partial charge in [-0.05, 0) is 19.4 Å². The van der Waals surface area contributed by atoms with Crippen LogP contribution in [-0.2, 0) is 4.79 Å². The van der Waals surface area contributed by atoms with Crippen molar-refractivity contribution in [2.24, 2.45) is 17.2 Å². The number of nitrogens with zero attached hydrogens (tertiary/aromatic N) is 1. The fourth-order valence-corrected chi connectivity index (χ4v) is 1.71. The largest absolute Gasteiger partial charge is 0.358 e. The lowest BCUT2D eigenvalue weighted by molar-refractivity contribution is -0.126. The maximum atomic E-state index is 11.7. The normalized spacial score (nSPS) is 12.8. The summed E-state index contributed by atoms with van der Waals surface area (Å²) in [4.78, 5) is 13.8. The highest BCUT2D eigenvalue weighted by Crippen LogP contribution is 2.06. The van der Waals surface area contributed by atoms with Crippen LogP contribution in [0.15, 0.2) is 0 Å². The van der Waals surface area contributed by atoms with Crippen LogP contribution in [0, 0.1) is 0 Å². The summed E-state index contributed by atoms with van der Waals surface area (Å²) in [6.07, 6.45) is 1.57. The van der Waals surface area contributed by atoms with Crippen LogP contribution in [0.3, 0.4) is 0 Å². The van der Waals surface area contributed by atoms with Crippen molar-refractivity contribution in [3.05, 3.63) is 0 Å². The molecule has 0 aliphatic heterocycles. The molecule has 1 amide bonds. The van der Waals surface area contributed by atoms with Crippen molar-refractivity contribution < 1.29 is 4.79 Å². The fourth-order valence-electron chi connectivity index (χ4n) is 1.71. The summed E-state index contributed by atoms with van der Waals surface area (Å²) >= 11 is 0. The van der Waals surface area contributed by atoms with E-state index < -0.39 is 0 Å². The van der Waals surface area contributed by atoms with Gasteiger partial charge in [0.15, 0.2) is 0 Å². The molecule has 0 aliphatic rings. The van der Waals surface area contributed by atoms with E-state index in [9.17, 15) is 4.79 Å². The van der Waals surface area contributed by atoms with Crippen LogP contribution in [0.25, 0.3) is 0 Å². The molecule has 0 bridgehead atoms. The van der Waals surface area contributed by atoms with Crippen molar-refractivity contribution in [3.63, 3.8) is 0 Å². The third-order valence-corrected chi connectivity index (χ3v) is 2.50. The Hall–Kier alpha value is -0.690. The molecule has 0 aromatic heterocycles. The van der Waals surface area contributed by atoms with Crippen molar-refractivity contribution in [1.29, 1.82) is 0 Å². The van der Waals surface area contributed by atoms with Gasteiger partial charge in [-0.3, -0.25) is 9.69 Å². The number of rotatable bonds is 9. The molecular weight excluding hydrogens is 206 g/mol. The lowest BCUT2D eigenvalue weighted by Gasteiger charge is -2.29. The number of nitrogens with two attached hydrogens (primary N) is 3. The lowest BCUT2D eigenvalue weighted by atomic mass is 10.1. The Morgan fingerprint density at radius 1 is 1.19 bits per heavy atom. The summed E-state index contributed by atoms with van der Waals surface area (Å²) in [7, 11) is 1.64. The molecule has 1 atom stereocenters. The number of carbonyl (C=O) groups excluding carboxylic acids is 1. The van der Waals surface area contributed by atoms with E-state index in [1.807, 2.05) is 4.90 Å². The van der Waals surface area contributed by atoms with Gasteiger partial charge < -0.3 is 22.5 Å². The summed E-state index contributed by atoms with van der Waals surface area (Å²) in [5.41, 5.74) is 16.5. The Labute approximate surface area is 97.5 Å². The van der Waals surface area contributed by atoms with Crippen LogP contribution in [0.4, 0.5) is 0 Å². The van der Waals surface area contributed by atoms with Gasteiger partial charge in [0, 0.05) is 33.2 Å². The second-order valence-electron chi connectivity index (χ2n) is 3.67. The van der Waals surface area contributed by atoms with Crippen molar-refractivity contribution in [2.45, 2.75) is 18.9 Å². The maximum absolute atomic E-state index is 11.7. The molecular formula is C10H25N5O. The number of hydrogen-bond donors (Lipinski definition) is 4. The van der Waals surface area contributed by atoms with E-state index in [0.717, 1.165) is 12.8 Å². The summed E-state index contributed by atoms with van der Waals surface area (Å²) in [5, 5.41) is 2.67. The van der Waals surface area contributed by atoms with Crippen molar-refractivity contribution in [2.75, 3.05) is 39.8 Å². The molecule has 6 heteroatoms. The van der Waals surface area contributed by atoms with E-state index in [-0.39, 0.29) is 11.9 Å². The number of nitrogens with one attached hydrogen (secondary N) is 1. The quantitative estimate of drug-likeness (QED) is 0.369. The first-order chi connectivity index (χ1) is 7.71. The third kappa shape index (κ3) is 5.41. The highest BCUT2D eigenvalue weighted by atomic mass is 16.2. The second-order valence-corrected chi connectivity index (χ2v) is 3.67. The van der Waals surface area contributed by atoms with Crippen LogP contribution in [0.5, 0.6) is 0 Å². The molecule has 0 radical (unpaired) electrons. The molecule has 1 unspecified atom stereocenters. The van der Waals surface area contributed by atoms with Crippen LogP contribution < -0.4 is 22.5 Å². The Balaban J connectivity index is 4.45. The first-order valence-electron chi connectivity index (χ1n) is 5.77. The first kappa shape index (κ1) is 15.3. The van der Waals surface area contributed by atoms with Gasteiger partial charge >= 0.3 is 0 Å². The van der Waals surface area contributed by atoms with Gasteiger partial charge in [-0.1, -0.05) is 0 Å². The number of carbonyl (C=O) groups is 1. The van der Waals surface area contributed by atoms with Crippen LogP contribution in [-0.4, -0.2) is 56.6 Å².